The van der Waals surface area contributed by atoms with Gasteiger partial charge in [-0.2, -0.15) is 0 Å². The molecule has 1 heterocycles. The summed E-state index contributed by atoms with van der Waals surface area (Å²) < 4.78 is 38.0. The molecule has 1 aromatic rings. The lowest BCUT2D eigenvalue weighted by molar-refractivity contribution is 0.0789. The lowest BCUT2D eigenvalue weighted by Crippen LogP contribution is -2.54. The van der Waals surface area contributed by atoms with E-state index in [2.05, 4.69) is 4.83 Å². The second-order valence-corrected chi connectivity index (χ2v) is 6.69. The van der Waals surface area contributed by atoms with Crippen LogP contribution in [0.2, 0.25) is 0 Å². The van der Waals surface area contributed by atoms with E-state index in [0.717, 1.165) is 25.3 Å². The van der Waals surface area contributed by atoms with Crippen LogP contribution in [0, 0.1) is 5.82 Å². The lowest BCUT2D eigenvalue weighted by atomic mass is 10.0. The molecule has 0 aromatic heterocycles. The monoisotopic (exact) mass is 286 g/mol. The number of piperidine rings is 1. The van der Waals surface area contributed by atoms with Crippen molar-refractivity contribution in [2.24, 2.45) is 0 Å². The molecule has 6 heteroatoms. The summed E-state index contributed by atoms with van der Waals surface area (Å²) in [6.45, 7) is 3.94. The second-order valence-electron chi connectivity index (χ2n) is 5.06. The molecule has 2 atom stereocenters. The van der Waals surface area contributed by atoms with Gasteiger partial charge in [0, 0.05) is 12.1 Å². The maximum absolute atomic E-state index is 13.6. The van der Waals surface area contributed by atoms with Crippen LogP contribution in [0.3, 0.4) is 0 Å². The second kappa shape index (κ2) is 5.56. The van der Waals surface area contributed by atoms with Crippen molar-refractivity contribution in [3.63, 3.8) is 0 Å². The van der Waals surface area contributed by atoms with E-state index in [1.54, 1.807) is 5.01 Å². The minimum atomic E-state index is -3.86. The van der Waals surface area contributed by atoms with Crippen LogP contribution >= 0.6 is 0 Å². The van der Waals surface area contributed by atoms with Gasteiger partial charge in [-0.15, -0.1) is 4.83 Å². The summed E-state index contributed by atoms with van der Waals surface area (Å²) in [5.74, 6) is -0.729. The number of hydrazine groups is 1. The summed E-state index contributed by atoms with van der Waals surface area (Å²) in [4.78, 5) is 2.21. The van der Waals surface area contributed by atoms with Crippen molar-refractivity contribution >= 4 is 10.0 Å². The minimum absolute atomic E-state index is 0.116. The van der Waals surface area contributed by atoms with Crippen molar-refractivity contribution in [3.05, 3.63) is 30.1 Å². The van der Waals surface area contributed by atoms with E-state index < -0.39 is 15.8 Å². The normalized spacial score (nSPS) is 25.4. The Labute approximate surface area is 113 Å². The first kappa shape index (κ1) is 14.4. The molecular weight excluding hydrogens is 267 g/mol. The fourth-order valence-electron chi connectivity index (χ4n) is 2.45. The van der Waals surface area contributed by atoms with E-state index >= 15 is 0 Å². The van der Waals surface area contributed by atoms with Gasteiger partial charge in [0.2, 0.25) is 0 Å². The van der Waals surface area contributed by atoms with Crippen LogP contribution in [-0.2, 0) is 10.0 Å². The summed E-state index contributed by atoms with van der Waals surface area (Å²) in [6.07, 6.45) is 2.95. The van der Waals surface area contributed by atoms with Crippen LogP contribution in [0.4, 0.5) is 4.39 Å². The third-order valence-electron chi connectivity index (χ3n) is 3.55. The van der Waals surface area contributed by atoms with Crippen LogP contribution in [0.5, 0.6) is 0 Å². The highest BCUT2D eigenvalue weighted by atomic mass is 32.2. The smallest absolute Gasteiger partial charge is 0.225 e. The van der Waals surface area contributed by atoms with Crippen molar-refractivity contribution in [1.82, 2.24) is 9.84 Å². The van der Waals surface area contributed by atoms with Crippen molar-refractivity contribution in [3.8, 4) is 0 Å². The molecule has 0 aliphatic carbocycles. The van der Waals surface area contributed by atoms with Gasteiger partial charge < -0.3 is 0 Å². The van der Waals surface area contributed by atoms with Gasteiger partial charge in [-0.25, -0.2) is 17.8 Å². The first-order chi connectivity index (χ1) is 8.92. The highest BCUT2D eigenvalue weighted by Crippen LogP contribution is 2.22. The van der Waals surface area contributed by atoms with Crippen LogP contribution in [0.25, 0.3) is 0 Å². The number of hydrogen-bond acceptors (Lipinski definition) is 3. The Morgan fingerprint density at radius 1 is 1.21 bits per heavy atom. The number of halogens is 1. The Bertz CT molecular complexity index is 537. The van der Waals surface area contributed by atoms with E-state index in [0.29, 0.717) is 0 Å². The summed E-state index contributed by atoms with van der Waals surface area (Å²) in [7, 11) is -3.86. The molecule has 4 nitrogen and oxygen atoms in total. The van der Waals surface area contributed by atoms with Crippen molar-refractivity contribution in [1.29, 1.82) is 0 Å². The first-order valence-electron chi connectivity index (χ1n) is 6.47. The SMILES string of the molecule is CC1CCCC(C)N1NS(=O)(=O)c1ccccc1F. The third-order valence-corrected chi connectivity index (χ3v) is 4.91. The first-order valence-corrected chi connectivity index (χ1v) is 7.95. The molecule has 106 valence electrons. The van der Waals surface area contributed by atoms with E-state index in [1.165, 1.54) is 18.2 Å². The fourth-order valence-corrected chi connectivity index (χ4v) is 3.77. The van der Waals surface area contributed by atoms with Gasteiger partial charge in [-0.1, -0.05) is 18.6 Å². The van der Waals surface area contributed by atoms with E-state index in [9.17, 15) is 12.8 Å². The van der Waals surface area contributed by atoms with Crippen LogP contribution in [-0.4, -0.2) is 25.5 Å². The van der Waals surface area contributed by atoms with Crippen molar-refractivity contribution in [2.45, 2.75) is 50.1 Å². The largest absolute Gasteiger partial charge is 0.256 e. The molecule has 0 bridgehead atoms. The Balaban J connectivity index is 2.24. The molecule has 1 aromatic carbocycles. The Morgan fingerprint density at radius 2 is 1.79 bits per heavy atom. The molecule has 2 unspecified atom stereocenters. The topological polar surface area (TPSA) is 49.4 Å². The van der Waals surface area contributed by atoms with E-state index in [4.69, 9.17) is 0 Å². The Morgan fingerprint density at radius 3 is 2.37 bits per heavy atom. The van der Waals surface area contributed by atoms with Crippen LogP contribution < -0.4 is 4.83 Å². The third kappa shape index (κ3) is 3.13. The Hall–Kier alpha value is -0.980. The summed E-state index contributed by atoms with van der Waals surface area (Å²) in [5.41, 5.74) is 0. The molecule has 19 heavy (non-hydrogen) atoms. The van der Waals surface area contributed by atoms with Gasteiger partial charge in [0.15, 0.2) is 0 Å². The van der Waals surface area contributed by atoms with Crippen molar-refractivity contribution < 1.29 is 12.8 Å². The predicted octanol–water partition coefficient (Wildman–Crippen LogP) is 2.28. The molecule has 2 rings (SSSR count). The highest BCUT2D eigenvalue weighted by Gasteiger charge is 2.30. The van der Waals surface area contributed by atoms with Gasteiger partial charge in [-0.3, -0.25) is 0 Å². The minimum Gasteiger partial charge on any atom is -0.225 e. The zero-order valence-corrected chi connectivity index (χ0v) is 12.0. The van der Waals surface area contributed by atoms with Gasteiger partial charge in [-0.05, 0) is 38.8 Å². The average Bonchev–Trinajstić information content (AvgIpc) is 2.34. The quantitative estimate of drug-likeness (QED) is 0.927. The highest BCUT2D eigenvalue weighted by molar-refractivity contribution is 7.89. The maximum atomic E-state index is 13.6. The lowest BCUT2D eigenvalue weighted by Gasteiger charge is -2.38. The zero-order chi connectivity index (χ0) is 14.0. The van der Waals surface area contributed by atoms with Crippen molar-refractivity contribution in [2.75, 3.05) is 0 Å². The average molecular weight is 286 g/mol. The molecular formula is C13H19FN2O2S. The number of rotatable bonds is 3. The summed E-state index contributed by atoms with van der Waals surface area (Å²) >= 11 is 0. The molecule has 0 saturated carbocycles. The summed E-state index contributed by atoms with van der Waals surface area (Å²) in [5, 5.41) is 1.71. The van der Waals surface area contributed by atoms with Crippen LogP contribution in [0.15, 0.2) is 29.2 Å². The molecule has 0 radical (unpaired) electrons. The zero-order valence-electron chi connectivity index (χ0n) is 11.1. The fraction of sp³-hybridized carbons (Fsp3) is 0.538. The maximum Gasteiger partial charge on any atom is 0.256 e. The molecule has 1 aliphatic heterocycles. The molecule has 1 aliphatic rings. The predicted molar refractivity (Wildman–Crippen MR) is 71.3 cm³/mol. The van der Waals surface area contributed by atoms with Gasteiger partial charge >= 0.3 is 0 Å². The standard InChI is InChI=1S/C13H19FN2O2S/c1-10-6-5-7-11(2)16(10)15-19(17,18)13-9-4-3-8-12(13)14/h3-4,8-11,15H,5-7H2,1-2H3. The van der Waals surface area contributed by atoms with Gasteiger partial charge in [0.05, 0.1) is 0 Å². The molecule has 0 spiro atoms. The molecule has 1 saturated heterocycles. The number of nitrogens with zero attached hydrogens (tertiary/aromatic N) is 1. The molecule has 1 N–H and O–H groups in total. The van der Waals surface area contributed by atoms with Gasteiger partial charge in [0.1, 0.15) is 10.7 Å². The van der Waals surface area contributed by atoms with E-state index in [1.807, 2.05) is 13.8 Å². The number of nitrogens with one attached hydrogen (secondary N) is 1. The molecule has 1 fully saturated rings. The summed E-state index contributed by atoms with van der Waals surface area (Å²) in [6, 6.07) is 5.64. The van der Waals surface area contributed by atoms with Gasteiger partial charge in [0.25, 0.3) is 10.0 Å². The Kier molecular flexibility index (Phi) is 4.23. The number of hydrogen-bond donors (Lipinski definition) is 1. The van der Waals surface area contributed by atoms with Crippen LogP contribution in [0.1, 0.15) is 33.1 Å². The number of benzene rings is 1. The van der Waals surface area contributed by atoms with E-state index in [-0.39, 0.29) is 17.0 Å². The molecule has 0 amide bonds. The number of sulfonamides is 1.